The van der Waals surface area contributed by atoms with Crippen molar-refractivity contribution in [2.75, 3.05) is 6.54 Å². The molecule has 0 unspecified atom stereocenters. The van der Waals surface area contributed by atoms with Crippen LogP contribution in [0.1, 0.15) is 12.1 Å². The largest absolute Gasteiger partial charge is 0.274 e. The Kier molecular flexibility index (Phi) is 4.46. The maximum atomic E-state index is 12.1. The normalized spacial score (nSPS) is 11.9. The summed E-state index contributed by atoms with van der Waals surface area (Å²) in [4.78, 5) is 0.210. The summed E-state index contributed by atoms with van der Waals surface area (Å²) in [6.45, 7) is 2.59. The maximum Gasteiger partial charge on any atom is 0.243 e. The highest BCUT2D eigenvalue weighted by atomic mass is 35.5. The molecule has 0 fully saturated rings. The summed E-state index contributed by atoms with van der Waals surface area (Å²) < 4.78 is 29.9. The van der Waals surface area contributed by atoms with Crippen LogP contribution in [-0.4, -0.2) is 34.5 Å². The molecule has 2 rings (SSSR count). The minimum absolute atomic E-state index is 0.210. The predicted octanol–water partition coefficient (Wildman–Crippen LogP) is 0.947. The molecule has 0 amide bonds. The second-order valence-corrected chi connectivity index (χ2v) is 6.60. The van der Waals surface area contributed by atoms with Gasteiger partial charge in [0.15, 0.2) is 0 Å². The molecule has 110 valence electrons. The Morgan fingerprint density at radius 2 is 2.15 bits per heavy atom. The van der Waals surface area contributed by atoms with Gasteiger partial charge in [-0.25, -0.2) is 13.1 Å². The van der Waals surface area contributed by atoms with Crippen LogP contribution in [0.4, 0.5) is 0 Å². The Morgan fingerprint density at radius 3 is 2.70 bits per heavy atom. The van der Waals surface area contributed by atoms with Gasteiger partial charge in [0.05, 0.1) is 16.9 Å². The molecule has 0 saturated heterocycles. The molecule has 0 aromatic carbocycles. The Morgan fingerprint density at radius 1 is 1.40 bits per heavy atom. The van der Waals surface area contributed by atoms with Gasteiger partial charge >= 0.3 is 0 Å². The molecule has 0 radical (unpaired) electrons. The standard InChI is InChI=1S/C11H16ClN5O2S/c1-9-11(8-16(2)15-9)20(18,19)14-4-3-5-17-7-10(12)6-13-17/h6-8,14H,3-5H2,1-2H3. The molecule has 9 heteroatoms. The Balaban J connectivity index is 1.88. The lowest BCUT2D eigenvalue weighted by Gasteiger charge is -2.05. The van der Waals surface area contributed by atoms with Crippen molar-refractivity contribution in [2.24, 2.45) is 7.05 Å². The van der Waals surface area contributed by atoms with Crippen LogP contribution in [0, 0.1) is 6.92 Å². The minimum atomic E-state index is -3.51. The molecule has 0 aliphatic carbocycles. The molecule has 2 heterocycles. The van der Waals surface area contributed by atoms with E-state index in [-0.39, 0.29) is 4.90 Å². The van der Waals surface area contributed by atoms with E-state index in [0.29, 0.717) is 30.2 Å². The van der Waals surface area contributed by atoms with E-state index >= 15 is 0 Å². The summed E-state index contributed by atoms with van der Waals surface area (Å²) in [6.07, 6.45) is 5.35. The molecule has 20 heavy (non-hydrogen) atoms. The van der Waals surface area contributed by atoms with Crippen molar-refractivity contribution in [3.05, 3.63) is 29.3 Å². The lowest BCUT2D eigenvalue weighted by molar-refractivity contribution is 0.552. The minimum Gasteiger partial charge on any atom is -0.274 e. The lowest BCUT2D eigenvalue weighted by Crippen LogP contribution is -2.26. The average molecular weight is 318 g/mol. The van der Waals surface area contributed by atoms with E-state index in [9.17, 15) is 8.42 Å². The molecular formula is C11H16ClN5O2S. The van der Waals surface area contributed by atoms with Crippen LogP contribution in [0.25, 0.3) is 0 Å². The number of nitrogens with one attached hydrogen (secondary N) is 1. The van der Waals surface area contributed by atoms with Gasteiger partial charge in [-0.05, 0) is 13.3 Å². The van der Waals surface area contributed by atoms with Crippen molar-refractivity contribution < 1.29 is 8.42 Å². The third-order valence-corrected chi connectivity index (χ3v) is 4.47. The quantitative estimate of drug-likeness (QED) is 0.804. The van der Waals surface area contributed by atoms with E-state index in [1.165, 1.54) is 10.9 Å². The van der Waals surface area contributed by atoms with Crippen LogP contribution in [-0.2, 0) is 23.6 Å². The van der Waals surface area contributed by atoms with Gasteiger partial charge < -0.3 is 0 Å². The third kappa shape index (κ3) is 3.59. The van der Waals surface area contributed by atoms with Gasteiger partial charge in [-0.2, -0.15) is 10.2 Å². The molecule has 0 aliphatic heterocycles. The predicted molar refractivity (Wildman–Crippen MR) is 75.0 cm³/mol. The first-order valence-electron chi connectivity index (χ1n) is 6.06. The van der Waals surface area contributed by atoms with E-state index in [4.69, 9.17) is 11.6 Å². The molecule has 2 aromatic heterocycles. The maximum absolute atomic E-state index is 12.1. The van der Waals surface area contributed by atoms with E-state index in [1.54, 1.807) is 31.0 Å². The SMILES string of the molecule is Cc1nn(C)cc1S(=O)(=O)NCCCn1cc(Cl)cn1. The molecule has 0 bridgehead atoms. The average Bonchev–Trinajstić information content (AvgIpc) is 2.91. The topological polar surface area (TPSA) is 81.8 Å². The first-order valence-corrected chi connectivity index (χ1v) is 7.92. The van der Waals surface area contributed by atoms with Crippen LogP contribution >= 0.6 is 11.6 Å². The van der Waals surface area contributed by atoms with E-state index < -0.39 is 10.0 Å². The summed E-state index contributed by atoms with van der Waals surface area (Å²) in [5, 5.41) is 8.61. The van der Waals surface area contributed by atoms with E-state index in [0.717, 1.165) is 0 Å². The molecular weight excluding hydrogens is 302 g/mol. The fourth-order valence-corrected chi connectivity index (χ4v) is 3.27. The number of aromatic nitrogens is 4. The van der Waals surface area contributed by atoms with Crippen LogP contribution in [0.5, 0.6) is 0 Å². The fourth-order valence-electron chi connectivity index (χ4n) is 1.83. The molecule has 0 spiro atoms. The second kappa shape index (κ2) is 5.94. The zero-order chi connectivity index (χ0) is 14.8. The smallest absolute Gasteiger partial charge is 0.243 e. The summed E-state index contributed by atoms with van der Waals surface area (Å²) in [6, 6.07) is 0. The van der Waals surface area contributed by atoms with Gasteiger partial charge in [-0.15, -0.1) is 0 Å². The second-order valence-electron chi connectivity index (χ2n) is 4.43. The Hall–Kier alpha value is -1.38. The van der Waals surface area contributed by atoms with E-state index in [2.05, 4.69) is 14.9 Å². The Bertz CT molecular complexity index is 691. The Labute approximate surface area is 122 Å². The molecule has 0 aliphatic rings. The first-order chi connectivity index (χ1) is 9.38. The number of halogens is 1. The van der Waals surface area contributed by atoms with Crippen molar-refractivity contribution >= 4 is 21.6 Å². The van der Waals surface area contributed by atoms with Crippen molar-refractivity contribution in [3.8, 4) is 0 Å². The summed E-state index contributed by atoms with van der Waals surface area (Å²) >= 11 is 5.74. The van der Waals surface area contributed by atoms with Crippen LogP contribution in [0.2, 0.25) is 5.02 Å². The fraction of sp³-hybridized carbons (Fsp3) is 0.455. The van der Waals surface area contributed by atoms with Crippen LogP contribution in [0.3, 0.4) is 0 Å². The van der Waals surface area contributed by atoms with Crippen molar-refractivity contribution in [2.45, 2.75) is 24.8 Å². The van der Waals surface area contributed by atoms with Crippen LogP contribution in [0.15, 0.2) is 23.5 Å². The number of hydrogen-bond donors (Lipinski definition) is 1. The highest BCUT2D eigenvalue weighted by Gasteiger charge is 2.18. The van der Waals surface area contributed by atoms with Gasteiger partial charge in [0.2, 0.25) is 10.0 Å². The molecule has 1 N–H and O–H groups in total. The van der Waals surface area contributed by atoms with E-state index in [1.807, 2.05) is 0 Å². The van der Waals surface area contributed by atoms with Gasteiger partial charge in [-0.3, -0.25) is 9.36 Å². The van der Waals surface area contributed by atoms with Crippen molar-refractivity contribution in [1.29, 1.82) is 0 Å². The summed E-state index contributed by atoms with van der Waals surface area (Å²) in [7, 11) is -1.82. The molecule has 7 nitrogen and oxygen atoms in total. The summed E-state index contributed by atoms with van der Waals surface area (Å²) in [5.41, 5.74) is 0.485. The molecule has 0 atom stereocenters. The monoisotopic (exact) mass is 317 g/mol. The van der Waals surface area contributed by atoms with Gasteiger partial charge in [0, 0.05) is 32.5 Å². The first kappa shape index (κ1) is 15.0. The number of aryl methyl sites for hydroxylation is 3. The molecule has 0 saturated carbocycles. The van der Waals surface area contributed by atoms with Crippen molar-refractivity contribution in [3.63, 3.8) is 0 Å². The number of rotatable bonds is 6. The van der Waals surface area contributed by atoms with Crippen molar-refractivity contribution in [1.82, 2.24) is 24.3 Å². The number of hydrogen-bond acceptors (Lipinski definition) is 4. The number of nitrogens with zero attached hydrogens (tertiary/aromatic N) is 4. The highest BCUT2D eigenvalue weighted by Crippen LogP contribution is 2.12. The summed E-state index contributed by atoms with van der Waals surface area (Å²) in [5.74, 6) is 0. The van der Waals surface area contributed by atoms with Crippen LogP contribution < -0.4 is 4.72 Å². The lowest BCUT2D eigenvalue weighted by atomic mass is 10.4. The van der Waals surface area contributed by atoms with Gasteiger partial charge in [0.1, 0.15) is 4.90 Å². The highest BCUT2D eigenvalue weighted by molar-refractivity contribution is 7.89. The zero-order valence-electron chi connectivity index (χ0n) is 11.2. The zero-order valence-corrected chi connectivity index (χ0v) is 12.8. The molecule has 2 aromatic rings. The van der Waals surface area contributed by atoms with Gasteiger partial charge in [-0.1, -0.05) is 11.6 Å². The van der Waals surface area contributed by atoms with Gasteiger partial charge in [0.25, 0.3) is 0 Å². The third-order valence-electron chi connectivity index (χ3n) is 2.72. The number of sulfonamides is 1.